The Hall–Kier alpha value is -4.83. The van der Waals surface area contributed by atoms with Crippen LogP contribution in [0.15, 0.2) is 122 Å². The van der Waals surface area contributed by atoms with Crippen molar-refractivity contribution in [1.29, 1.82) is 0 Å². The fourth-order valence-electron chi connectivity index (χ4n) is 7.05. The van der Waals surface area contributed by atoms with Crippen LogP contribution < -0.4 is 26.7 Å². The molecule has 4 heterocycles. The number of rotatable bonds is 5. The molecule has 6 nitrogen and oxygen atoms in total. The van der Waals surface area contributed by atoms with Gasteiger partial charge in [0.05, 0.1) is 0 Å². The zero-order valence-electron chi connectivity index (χ0n) is 32.8. The number of para-hydroxylation sites is 1. The normalized spacial score (nSPS) is 14.1. The third-order valence-corrected chi connectivity index (χ3v) is 13.5. The van der Waals surface area contributed by atoms with E-state index < -0.39 is 20.9 Å². The fourth-order valence-corrected chi connectivity index (χ4v) is 10.0. The molecule has 0 N–H and O–H groups in total. The molecule has 54 heavy (non-hydrogen) atoms. The van der Waals surface area contributed by atoms with Crippen molar-refractivity contribution in [3.05, 3.63) is 138 Å². The quantitative estimate of drug-likeness (QED) is 0.161. The number of anilines is 7. The van der Waals surface area contributed by atoms with Gasteiger partial charge >= 0.3 is 245 Å². The van der Waals surface area contributed by atoms with Crippen molar-refractivity contribution in [3.63, 3.8) is 0 Å². The molecule has 0 spiro atoms. The van der Waals surface area contributed by atoms with E-state index in [1.807, 2.05) is 24.5 Å². The predicted molar refractivity (Wildman–Crippen MR) is 226 cm³/mol. The summed E-state index contributed by atoms with van der Waals surface area (Å²) in [5.74, 6) is 3.44. The van der Waals surface area contributed by atoms with Crippen molar-refractivity contribution in [1.82, 2.24) is 9.97 Å². The molecule has 0 aliphatic carbocycles. The number of pyridine rings is 2. The number of aromatic nitrogens is 2. The Balaban J connectivity index is 1.13. The zero-order chi connectivity index (χ0) is 38.0. The van der Waals surface area contributed by atoms with E-state index in [1.54, 1.807) is 0 Å². The molecule has 4 aromatic carbocycles. The monoisotopic (exact) mass is 829 g/mol. The van der Waals surface area contributed by atoms with Crippen molar-refractivity contribution in [2.24, 2.45) is 0 Å². The Labute approximate surface area is 330 Å². The molecular weight excluding hydrogens is 778 g/mol. The molecule has 0 radical (unpaired) electrons. The van der Waals surface area contributed by atoms with E-state index in [4.69, 9.17) is 14.7 Å². The minimum atomic E-state index is -0.593. The molecule has 6 aromatic rings. The number of benzene rings is 4. The molecule has 0 saturated heterocycles. The van der Waals surface area contributed by atoms with Crippen LogP contribution in [0, 0.1) is 0 Å². The van der Waals surface area contributed by atoms with Gasteiger partial charge in [-0.25, -0.2) is 0 Å². The van der Waals surface area contributed by atoms with E-state index in [0.717, 1.165) is 40.2 Å². The van der Waals surface area contributed by atoms with Crippen LogP contribution in [0.4, 0.5) is 40.1 Å². The Morgan fingerprint density at radius 1 is 0.519 bits per heavy atom. The van der Waals surface area contributed by atoms with Crippen LogP contribution in [0.5, 0.6) is 11.5 Å². The van der Waals surface area contributed by atoms with Crippen LogP contribution >= 0.6 is 0 Å². The second kappa shape index (κ2) is 13.5. The predicted octanol–water partition coefficient (Wildman–Crippen LogP) is 10.8. The van der Waals surface area contributed by atoms with Gasteiger partial charge in [0.25, 0.3) is 0 Å². The molecule has 2 aromatic heterocycles. The number of fused-ring (bicyclic) bond motifs is 3. The molecule has 0 fully saturated rings. The van der Waals surface area contributed by atoms with Crippen LogP contribution in [-0.2, 0) is 16.2 Å². The summed E-state index contributed by atoms with van der Waals surface area (Å²) in [6, 6.07) is 39.4. The summed E-state index contributed by atoms with van der Waals surface area (Å²) in [5, 5.41) is 0. The topological polar surface area (TPSA) is 44.7 Å². The first-order valence-electron chi connectivity index (χ1n) is 18.8. The first-order chi connectivity index (χ1) is 25.6. The van der Waals surface area contributed by atoms with Crippen molar-refractivity contribution >= 4 is 68.2 Å². The second-order valence-electron chi connectivity index (χ2n) is 17.4. The summed E-state index contributed by atoms with van der Waals surface area (Å²) in [4.78, 5) is 16.8. The summed E-state index contributed by atoms with van der Waals surface area (Å²) >= 11 is -0.593. The number of nitrogens with zero attached hydrogens (tertiary/aromatic N) is 5. The molecule has 0 saturated carbocycles. The first kappa shape index (κ1) is 36.2. The molecule has 274 valence electrons. The minimum absolute atomic E-state index is 0.00816. The van der Waals surface area contributed by atoms with Gasteiger partial charge in [-0.3, -0.25) is 0 Å². The van der Waals surface area contributed by atoms with Crippen LogP contribution in [0.3, 0.4) is 0 Å². The average Bonchev–Trinajstić information content (AvgIpc) is 3.53. The zero-order valence-corrected chi connectivity index (χ0v) is 35.1. The van der Waals surface area contributed by atoms with Gasteiger partial charge in [-0.2, -0.15) is 0 Å². The Kier molecular flexibility index (Phi) is 9.03. The molecule has 0 amide bonds. The molecule has 0 unspecified atom stereocenters. The molecule has 0 atom stereocenters. The van der Waals surface area contributed by atoms with Gasteiger partial charge in [0.1, 0.15) is 0 Å². The largest absolute Gasteiger partial charge is 0.0561 e. The van der Waals surface area contributed by atoms with Crippen LogP contribution in [0.1, 0.15) is 79.0 Å². The molecule has 2 aliphatic rings. The minimum Gasteiger partial charge on any atom is -0.0561 e. The van der Waals surface area contributed by atoms with Crippen molar-refractivity contribution < 1.29 is 4.74 Å². The Bertz CT molecular complexity index is 2330. The average molecular weight is 828 g/mol. The van der Waals surface area contributed by atoms with Gasteiger partial charge in [-0.15, -0.1) is 0 Å². The van der Waals surface area contributed by atoms with Gasteiger partial charge in [0.15, 0.2) is 0 Å². The summed E-state index contributed by atoms with van der Waals surface area (Å²) in [6.45, 7) is 21.1. The first-order valence-corrected chi connectivity index (χ1v) is 21.1. The van der Waals surface area contributed by atoms with Crippen LogP contribution in [0.2, 0.25) is 0 Å². The summed E-state index contributed by atoms with van der Waals surface area (Å²) in [7, 11) is 0. The SMILES string of the molecule is CC(C)(C)c1cc(N2CN(c3cccc(Oc4ccc5c(c4)N(c4cc(C(C)(C)C)ccn4)c4ccccc4[Te]5)c3)c3ncccc32)cc(C(C)(C)C)c1. The van der Waals surface area contributed by atoms with E-state index in [0.29, 0.717) is 6.67 Å². The standard InChI is InChI=1S/C47H49N5OTe/c1-45(2,3)31-21-23-48-43(27-31)52-38-16-10-11-18-41(38)54-42-20-19-37(29-40(42)52)53-36-15-12-14-34(28-36)51-30-50(39-17-13-22-49-44(39)51)35-25-32(46(4,5)6)24-33(26-35)47(7,8)9/h10-29H,30H2,1-9H3. The van der Waals surface area contributed by atoms with E-state index in [9.17, 15) is 0 Å². The van der Waals surface area contributed by atoms with Crippen molar-refractivity contribution in [2.75, 3.05) is 21.4 Å². The van der Waals surface area contributed by atoms with Crippen molar-refractivity contribution in [3.8, 4) is 11.5 Å². The molecule has 8 rings (SSSR count). The number of ether oxygens (including phenoxy) is 1. The maximum Gasteiger partial charge on any atom is -0.0131 e. The van der Waals surface area contributed by atoms with Gasteiger partial charge < -0.3 is 0 Å². The van der Waals surface area contributed by atoms with E-state index in [2.05, 4.69) is 174 Å². The summed E-state index contributed by atoms with van der Waals surface area (Å²) in [5.41, 5.74) is 9.62. The van der Waals surface area contributed by atoms with E-state index >= 15 is 0 Å². The van der Waals surface area contributed by atoms with Crippen LogP contribution in [-0.4, -0.2) is 37.6 Å². The van der Waals surface area contributed by atoms with Gasteiger partial charge in [-0.05, 0) is 40.2 Å². The van der Waals surface area contributed by atoms with Gasteiger partial charge in [0.2, 0.25) is 0 Å². The Morgan fingerprint density at radius 2 is 1.20 bits per heavy atom. The fraction of sp³-hybridized carbons (Fsp3) is 0.277. The maximum absolute atomic E-state index is 6.71. The van der Waals surface area contributed by atoms with Gasteiger partial charge in [0, 0.05) is 0 Å². The number of hydrogen-bond acceptors (Lipinski definition) is 6. The summed E-state index contributed by atoms with van der Waals surface area (Å²) in [6.07, 6.45) is 3.82. The molecule has 2 aliphatic heterocycles. The molecule has 7 heteroatoms. The third kappa shape index (κ3) is 6.96. The maximum atomic E-state index is 6.71. The smallest absolute Gasteiger partial charge is 0.0131 e. The van der Waals surface area contributed by atoms with Crippen LogP contribution in [0.25, 0.3) is 0 Å². The second-order valence-corrected chi connectivity index (χ2v) is 20.5. The third-order valence-electron chi connectivity index (χ3n) is 10.3. The van der Waals surface area contributed by atoms with E-state index in [-0.39, 0.29) is 16.2 Å². The van der Waals surface area contributed by atoms with E-state index in [1.165, 1.54) is 35.3 Å². The van der Waals surface area contributed by atoms with Gasteiger partial charge in [-0.1, -0.05) is 47.6 Å². The molecular formula is C47H49N5OTe. The number of hydrogen-bond donors (Lipinski definition) is 0. The van der Waals surface area contributed by atoms with Crippen molar-refractivity contribution in [2.45, 2.75) is 78.6 Å². The summed E-state index contributed by atoms with van der Waals surface area (Å²) < 4.78 is 9.49. The Morgan fingerprint density at radius 3 is 1.94 bits per heavy atom. The molecule has 0 bridgehead atoms.